The number of β-lactam (4-membered cyclic amide) rings is 1. The molecule has 1 saturated heterocycles. The first-order chi connectivity index (χ1) is 16.7. The number of nitrogens with one attached hydrogen (secondary N) is 2. The fourth-order valence-corrected chi connectivity index (χ4v) is 6.74. The van der Waals surface area contributed by atoms with Crippen LogP contribution in [-0.2, 0) is 24.0 Å². The van der Waals surface area contributed by atoms with Gasteiger partial charge in [0.2, 0.25) is 5.91 Å². The van der Waals surface area contributed by atoms with Crippen molar-refractivity contribution in [2.75, 3.05) is 30.9 Å². The molecule has 0 radical (unpaired) electrons. The number of thiazole rings is 1. The van der Waals surface area contributed by atoms with Crippen molar-refractivity contribution in [1.29, 1.82) is 0 Å². The first-order valence-electron chi connectivity index (χ1n) is 10.2. The number of fused-ring (bicyclic) bond motifs is 1. The molecule has 1 aromatic heterocycles. The Morgan fingerprint density at radius 1 is 1.46 bits per heavy atom. The van der Waals surface area contributed by atoms with Crippen LogP contribution in [0.2, 0.25) is 0 Å². The lowest BCUT2D eigenvalue weighted by molar-refractivity contribution is -0.149. The van der Waals surface area contributed by atoms with Crippen LogP contribution in [0.3, 0.4) is 0 Å². The number of aliphatic imine (C=N–C) groups is 1. The molecule has 5 N–H and O–H groups in total. The number of rotatable bonds is 8. The Kier molecular flexibility index (Phi) is 7.44. The van der Waals surface area contributed by atoms with Gasteiger partial charge in [0, 0.05) is 23.4 Å². The van der Waals surface area contributed by atoms with E-state index in [2.05, 4.69) is 25.8 Å². The van der Waals surface area contributed by atoms with Crippen molar-refractivity contribution in [3.63, 3.8) is 0 Å². The Morgan fingerprint density at radius 2 is 2.23 bits per heavy atom. The maximum absolute atomic E-state index is 12.9. The molecule has 186 valence electrons. The van der Waals surface area contributed by atoms with Crippen LogP contribution < -0.4 is 16.4 Å². The third-order valence-electron chi connectivity index (χ3n) is 5.28. The summed E-state index contributed by atoms with van der Waals surface area (Å²) in [7, 11) is 1.40. The summed E-state index contributed by atoms with van der Waals surface area (Å²) >= 11 is 3.85. The Balaban J connectivity index is 1.45. The number of aliphatic carboxylic acids is 1. The van der Waals surface area contributed by atoms with Crippen LogP contribution in [0.5, 0.6) is 0 Å². The molecule has 13 nitrogen and oxygen atoms in total. The molecule has 3 aliphatic heterocycles. The van der Waals surface area contributed by atoms with Crippen LogP contribution in [0, 0.1) is 0 Å². The van der Waals surface area contributed by atoms with Crippen LogP contribution >= 0.6 is 34.9 Å². The monoisotopic (exact) mass is 539 g/mol. The van der Waals surface area contributed by atoms with Gasteiger partial charge in [-0.05, 0) is 12.5 Å². The van der Waals surface area contributed by atoms with Crippen molar-refractivity contribution in [3.8, 4) is 0 Å². The quantitative estimate of drug-likeness (QED) is 0.144. The number of carbonyl (C=O) groups is 4. The SMILES string of the molecule is CO/N=C(\CN[C@@H]1C(=O)N2C(C(=O)O)=C(CSC3=NC(=O)C(=O)NC3C)CS[C@H]12)c1csc(N)n1. The number of carboxylic acids is 1. The molecule has 1 aromatic rings. The molecule has 0 bridgehead atoms. The van der Waals surface area contributed by atoms with E-state index in [1.807, 2.05) is 0 Å². The average Bonchev–Trinajstić information content (AvgIpc) is 3.25. The maximum Gasteiger partial charge on any atom is 0.352 e. The fourth-order valence-electron chi connectivity index (χ4n) is 3.64. The number of aromatic nitrogens is 1. The van der Waals surface area contributed by atoms with E-state index < -0.39 is 35.2 Å². The molecule has 0 saturated carbocycles. The summed E-state index contributed by atoms with van der Waals surface area (Å²) in [5.41, 5.74) is 7.15. The van der Waals surface area contributed by atoms with Gasteiger partial charge in [0.15, 0.2) is 5.13 Å². The average molecular weight is 540 g/mol. The van der Waals surface area contributed by atoms with Gasteiger partial charge in [0.1, 0.15) is 40.7 Å². The van der Waals surface area contributed by atoms with E-state index in [0.29, 0.717) is 32.9 Å². The van der Waals surface area contributed by atoms with E-state index in [-0.39, 0.29) is 23.9 Å². The summed E-state index contributed by atoms with van der Waals surface area (Å²) in [6, 6.07) is -1.07. The number of hydrogen-bond acceptors (Lipinski definition) is 12. The first-order valence-corrected chi connectivity index (χ1v) is 13.1. The molecule has 1 fully saturated rings. The number of nitrogens with two attached hydrogens (primary N) is 1. The zero-order valence-electron chi connectivity index (χ0n) is 18.5. The number of amides is 3. The highest BCUT2D eigenvalue weighted by molar-refractivity contribution is 8.14. The highest BCUT2D eigenvalue weighted by Crippen LogP contribution is 2.41. The van der Waals surface area contributed by atoms with Crippen LogP contribution in [0.15, 0.2) is 26.8 Å². The van der Waals surface area contributed by atoms with E-state index in [4.69, 9.17) is 10.6 Å². The van der Waals surface area contributed by atoms with Gasteiger partial charge >= 0.3 is 17.8 Å². The molecule has 4 heterocycles. The Morgan fingerprint density at radius 3 is 2.89 bits per heavy atom. The molecule has 35 heavy (non-hydrogen) atoms. The van der Waals surface area contributed by atoms with Crippen molar-refractivity contribution in [3.05, 3.63) is 22.3 Å². The van der Waals surface area contributed by atoms with Crippen molar-refractivity contribution in [1.82, 2.24) is 20.5 Å². The van der Waals surface area contributed by atoms with Gasteiger partial charge in [0.25, 0.3) is 0 Å². The number of oxime groups is 1. The predicted molar refractivity (Wildman–Crippen MR) is 132 cm³/mol. The van der Waals surface area contributed by atoms with E-state index in [9.17, 15) is 24.3 Å². The number of thioether (sulfide) groups is 2. The van der Waals surface area contributed by atoms with Crippen molar-refractivity contribution >= 4 is 74.4 Å². The Hall–Kier alpha value is -2.95. The molecule has 4 rings (SSSR count). The highest BCUT2D eigenvalue weighted by atomic mass is 32.2. The zero-order valence-corrected chi connectivity index (χ0v) is 21.0. The van der Waals surface area contributed by atoms with Crippen LogP contribution in [0.1, 0.15) is 12.6 Å². The fraction of sp³-hybridized carbons (Fsp3) is 0.421. The third kappa shape index (κ3) is 5.05. The largest absolute Gasteiger partial charge is 0.477 e. The van der Waals surface area contributed by atoms with Gasteiger partial charge in [-0.2, -0.15) is 0 Å². The molecule has 0 aromatic carbocycles. The minimum absolute atomic E-state index is 0.0678. The number of carbonyl (C=O) groups excluding carboxylic acids is 3. The molecule has 0 aliphatic carbocycles. The Labute approximate surface area is 211 Å². The summed E-state index contributed by atoms with van der Waals surface area (Å²) in [4.78, 5) is 62.1. The van der Waals surface area contributed by atoms with E-state index in [0.717, 1.165) is 0 Å². The van der Waals surface area contributed by atoms with Gasteiger partial charge in [-0.1, -0.05) is 5.16 Å². The summed E-state index contributed by atoms with van der Waals surface area (Å²) in [5.74, 6) is -2.65. The van der Waals surface area contributed by atoms with Gasteiger partial charge in [-0.15, -0.1) is 34.9 Å². The molecule has 3 amide bonds. The molecular formula is C19H21N7O6S3. The lowest BCUT2D eigenvalue weighted by atomic mass is 10.0. The topological polar surface area (TPSA) is 189 Å². The number of nitrogens with zero attached hydrogens (tertiary/aromatic N) is 4. The lowest BCUT2D eigenvalue weighted by Crippen LogP contribution is -2.70. The second kappa shape index (κ2) is 10.3. The summed E-state index contributed by atoms with van der Waals surface area (Å²) in [5, 5.41) is 21.5. The van der Waals surface area contributed by atoms with E-state index >= 15 is 0 Å². The smallest absolute Gasteiger partial charge is 0.352 e. The standard InChI is InChI=1S/C19H21N7O6S3/c1-7-15(24-14(28)13(27)22-7)33-4-8-5-34-17-11(16(29)26(17)12(8)18(30)31)21-3-9(25-32-2)10-6-35-19(20)23-10/h6-7,11,17,21H,3-5H2,1-2H3,(H2,20,23)(H,22,27)(H,30,31)/b25-9+/t7?,11-,17-/m1/s1. The minimum Gasteiger partial charge on any atom is -0.477 e. The molecule has 16 heteroatoms. The molecule has 0 spiro atoms. The number of anilines is 1. The van der Waals surface area contributed by atoms with Gasteiger partial charge in [-0.25, -0.2) is 14.8 Å². The van der Waals surface area contributed by atoms with E-state index in [1.54, 1.807) is 12.3 Å². The Bertz CT molecular complexity index is 1180. The number of hydrogen-bond donors (Lipinski definition) is 4. The molecule has 3 atom stereocenters. The normalized spacial score (nSPS) is 24.6. The van der Waals surface area contributed by atoms with Crippen molar-refractivity contribution in [2.45, 2.75) is 24.4 Å². The number of carboxylic acid groups (broad SMARTS) is 1. The minimum atomic E-state index is -1.21. The first kappa shape index (κ1) is 25.2. The van der Waals surface area contributed by atoms with Gasteiger partial charge in [0.05, 0.1) is 6.04 Å². The zero-order chi connectivity index (χ0) is 25.3. The van der Waals surface area contributed by atoms with E-state index in [1.165, 1.54) is 46.9 Å². The lowest BCUT2D eigenvalue weighted by Gasteiger charge is -2.49. The molecular weight excluding hydrogens is 518 g/mol. The second-order valence-electron chi connectivity index (χ2n) is 7.56. The van der Waals surface area contributed by atoms with Gasteiger partial charge < -0.3 is 21.0 Å². The molecule has 1 unspecified atom stereocenters. The summed E-state index contributed by atoms with van der Waals surface area (Å²) < 4.78 is 0. The van der Waals surface area contributed by atoms with Crippen LogP contribution in [0.4, 0.5) is 5.13 Å². The predicted octanol–water partition coefficient (Wildman–Crippen LogP) is -0.536. The van der Waals surface area contributed by atoms with Crippen molar-refractivity contribution in [2.24, 2.45) is 10.1 Å². The summed E-state index contributed by atoms with van der Waals surface area (Å²) in [6.45, 7) is 1.86. The van der Waals surface area contributed by atoms with Gasteiger partial charge in [-0.3, -0.25) is 24.6 Å². The van der Waals surface area contributed by atoms with Crippen LogP contribution in [0.25, 0.3) is 0 Å². The second-order valence-corrected chi connectivity index (χ2v) is 10.5. The molecule has 3 aliphatic rings. The highest BCUT2D eigenvalue weighted by Gasteiger charge is 2.53. The third-order valence-corrected chi connectivity index (χ3v) is 8.52. The van der Waals surface area contributed by atoms with Crippen molar-refractivity contribution < 1.29 is 29.1 Å². The number of nitrogen functional groups attached to an aromatic ring is 1. The van der Waals surface area contributed by atoms with Crippen LogP contribution in [-0.4, -0.2) is 92.1 Å². The summed E-state index contributed by atoms with van der Waals surface area (Å²) in [6.07, 6.45) is 0. The maximum atomic E-state index is 12.9.